The fraction of sp³-hybridized carbons (Fsp3) is 0.190. The molecule has 0 fully saturated rings. The molecule has 3 rings (SSSR count). The van der Waals surface area contributed by atoms with Crippen LogP contribution in [0.3, 0.4) is 0 Å². The van der Waals surface area contributed by atoms with E-state index in [9.17, 15) is 9.59 Å². The first-order valence-electron chi connectivity index (χ1n) is 8.59. The molecule has 0 saturated heterocycles. The third kappa shape index (κ3) is 4.61. The molecule has 0 bridgehead atoms. The molecular weight excluding hydrogens is 342 g/mol. The number of carbonyl (C=O) groups excluding carboxylic acids is 1. The number of aromatic amines is 1. The summed E-state index contributed by atoms with van der Waals surface area (Å²) in [7, 11) is 0. The lowest BCUT2D eigenvalue weighted by molar-refractivity contribution is -0.118. The molecule has 0 atom stereocenters. The molecule has 0 aliphatic rings. The average molecular weight is 363 g/mol. The van der Waals surface area contributed by atoms with Gasteiger partial charge in [-0.3, -0.25) is 9.59 Å². The van der Waals surface area contributed by atoms with Crippen LogP contribution in [0.1, 0.15) is 16.7 Å². The molecule has 0 aliphatic carbocycles. The lowest BCUT2D eigenvalue weighted by atomic mass is 10.1. The standard InChI is InChI=1S/C21H21N3O3/c1-13-9-14(2)15(3)19(10-13)27-12-21(26)22-17-6-4-5-16(11-17)18-7-8-20(25)24-23-18/h4-11H,12H2,1-3H3,(H,22,26)(H,24,25). The highest BCUT2D eigenvalue weighted by Gasteiger charge is 2.09. The van der Waals surface area contributed by atoms with Gasteiger partial charge in [0, 0.05) is 17.3 Å². The van der Waals surface area contributed by atoms with Gasteiger partial charge in [0.05, 0.1) is 5.69 Å². The van der Waals surface area contributed by atoms with Gasteiger partial charge in [0.2, 0.25) is 0 Å². The third-order valence-electron chi connectivity index (χ3n) is 4.24. The lowest BCUT2D eigenvalue weighted by Crippen LogP contribution is -2.20. The Bertz CT molecular complexity index is 1020. The molecule has 0 spiro atoms. The SMILES string of the molecule is Cc1cc(C)c(C)c(OCC(=O)Nc2cccc(-c3ccc(=O)[nH]n3)c2)c1. The Kier molecular flexibility index (Phi) is 5.35. The van der Waals surface area contributed by atoms with E-state index in [4.69, 9.17) is 4.74 Å². The Hall–Kier alpha value is -3.41. The lowest BCUT2D eigenvalue weighted by Gasteiger charge is -2.12. The number of H-pyrrole nitrogens is 1. The van der Waals surface area contributed by atoms with E-state index in [0.717, 1.165) is 22.3 Å². The second-order valence-electron chi connectivity index (χ2n) is 6.43. The Balaban J connectivity index is 1.67. The number of aromatic nitrogens is 2. The Morgan fingerprint density at radius 3 is 2.67 bits per heavy atom. The minimum Gasteiger partial charge on any atom is -0.483 e. The smallest absolute Gasteiger partial charge is 0.264 e. The predicted octanol–water partition coefficient (Wildman–Crippen LogP) is 3.38. The van der Waals surface area contributed by atoms with Gasteiger partial charge in [-0.1, -0.05) is 18.2 Å². The minimum atomic E-state index is -0.262. The number of anilines is 1. The quantitative estimate of drug-likeness (QED) is 0.728. The molecule has 138 valence electrons. The molecule has 0 saturated carbocycles. The maximum absolute atomic E-state index is 12.3. The summed E-state index contributed by atoms with van der Waals surface area (Å²) < 4.78 is 5.70. The first-order chi connectivity index (χ1) is 12.9. The summed E-state index contributed by atoms with van der Waals surface area (Å²) in [6.07, 6.45) is 0. The molecule has 2 N–H and O–H groups in total. The number of ether oxygens (including phenoxy) is 1. The van der Waals surface area contributed by atoms with Gasteiger partial charge in [0.25, 0.3) is 11.5 Å². The Labute approximate surface area is 157 Å². The van der Waals surface area contributed by atoms with E-state index in [1.54, 1.807) is 18.2 Å². The van der Waals surface area contributed by atoms with Gasteiger partial charge in [0.15, 0.2) is 6.61 Å². The van der Waals surface area contributed by atoms with Crippen LogP contribution in [-0.2, 0) is 4.79 Å². The van der Waals surface area contributed by atoms with Crippen molar-refractivity contribution < 1.29 is 9.53 Å². The fourth-order valence-electron chi connectivity index (χ4n) is 2.75. The molecule has 0 aliphatic heterocycles. The largest absolute Gasteiger partial charge is 0.483 e. The number of hydrogen-bond donors (Lipinski definition) is 2. The zero-order valence-corrected chi connectivity index (χ0v) is 15.5. The number of carbonyl (C=O) groups is 1. The van der Waals surface area contributed by atoms with Gasteiger partial charge in [-0.15, -0.1) is 0 Å². The van der Waals surface area contributed by atoms with Gasteiger partial charge >= 0.3 is 0 Å². The molecular formula is C21H21N3O3. The fourth-order valence-corrected chi connectivity index (χ4v) is 2.75. The van der Waals surface area contributed by atoms with E-state index in [1.165, 1.54) is 6.07 Å². The summed E-state index contributed by atoms with van der Waals surface area (Å²) in [5.74, 6) is 0.467. The van der Waals surface area contributed by atoms with Gasteiger partial charge in [-0.05, 0) is 61.7 Å². The second kappa shape index (κ2) is 7.86. The molecule has 6 nitrogen and oxygen atoms in total. The number of aryl methyl sites for hydroxylation is 2. The summed E-state index contributed by atoms with van der Waals surface area (Å²) in [5, 5.41) is 9.21. The minimum absolute atomic E-state index is 0.0785. The van der Waals surface area contributed by atoms with Crippen LogP contribution in [0, 0.1) is 20.8 Å². The Morgan fingerprint density at radius 2 is 1.93 bits per heavy atom. The van der Waals surface area contributed by atoms with Crippen molar-refractivity contribution in [2.75, 3.05) is 11.9 Å². The van der Waals surface area contributed by atoms with Gasteiger partial charge in [0.1, 0.15) is 5.75 Å². The van der Waals surface area contributed by atoms with Crippen LogP contribution in [0.25, 0.3) is 11.3 Å². The molecule has 2 aromatic carbocycles. The van der Waals surface area contributed by atoms with E-state index in [0.29, 0.717) is 17.1 Å². The number of amides is 1. The number of hydrogen-bond acceptors (Lipinski definition) is 4. The van der Waals surface area contributed by atoms with Crippen LogP contribution in [0.4, 0.5) is 5.69 Å². The zero-order valence-electron chi connectivity index (χ0n) is 15.5. The molecule has 27 heavy (non-hydrogen) atoms. The van der Waals surface area contributed by atoms with E-state index in [-0.39, 0.29) is 18.1 Å². The van der Waals surface area contributed by atoms with Crippen molar-refractivity contribution in [3.63, 3.8) is 0 Å². The maximum Gasteiger partial charge on any atom is 0.264 e. The van der Waals surface area contributed by atoms with E-state index in [2.05, 4.69) is 21.6 Å². The summed E-state index contributed by atoms with van der Waals surface area (Å²) in [6.45, 7) is 5.91. The monoisotopic (exact) mass is 363 g/mol. The van der Waals surface area contributed by atoms with E-state index >= 15 is 0 Å². The predicted molar refractivity (Wildman–Crippen MR) is 105 cm³/mol. The van der Waals surface area contributed by atoms with Gasteiger partial charge in [-0.25, -0.2) is 5.10 Å². The van der Waals surface area contributed by atoms with E-state index in [1.807, 2.05) is 39.0 Å². The van der Waals surface area contributed by atoms with Crippen LogP contribution < -0.4 is 15.6 Å². The van der Waals surface area contributed by atoms with Crippen molar-refractivity contribution in [2.24, 2.45) is 0 Å². The summed E-state index contributed by atoms with van der Waals surface area (Å²) in [5.41, 5.74) is 5.02. The number of nitrogens with one attached hydrogen (secondary N) is 2. The van der Waals surface area contributed by atoms with Crippen LogP contribution in [0.5, 0.6) is 5.75 Å². The molecule has 1 heterocycles. The summed E-state index contributed by atoms with van der Waals surface area (Å²) in [4.78, 5) is 23.4. The first-order valence-corrected chi connectivity index (χ1v) is 8.59. The zero-order chi connectivity index (χ0) is 19.4. The third-order valence-corrected chi connectivity index (χ3v) is 4.24. The first kappa shape index (κ1) is 18.4. The van der Waals surface area contributed by atoms with Crippen molar-refractivity contribution in [3.8, 4) is 17.0 Å². The molecule has 6 heteroatoms. The van der Waals surface area contributed by atoms with Crippen LogP contribution in [-0.4, -0.2) is 22.7 Å². The van der Waals surface area contributed by atoms with Crippen LogP contribution in [0.15, 0.2) is 53.3 Å². The number of rotatable bonds is 5. The van der Waals surface area contributed by atoms with Gasteiger partial charge < -0.3 is 10.1 Å². The van der Waals surface area contributed by atoms with Crippen LogP contribution in [0.2, 0.25) is 0 Å². The van der Waals surface area contributed by atoms with Crippen molar-refractivity contribution in [3.05, 3.63) is 75.6 Å². The maximum atomic E-state index is 12.3. The summed E-state index contributed by atoms with van der Waals surface area (Å²) >= 11 is 0. The molecule has 0 unspecified atom stereocenters. The van der Waals surface area contributed by atoms with Crippen molar-refractivity contribution >= 4 is 11.6 Å². The van der Waals surface area contributed by atoms with E-state index < -0.39 is 0 Å². The summed E-state index contributed by atoms with van der Waals surface area (Å²) in [6, 6.07) is 14.3. The average Bonchev–Trinajstić information content (AvgIpc) is 2.64. The number of nitrogens with zero attached hydrogens (tertiary/aromatic N) is 1. The van der Waals surface area contributed by atoms with Crippen molar-refractivity contribution in [1.29, 1.82) is 0 Å². The second-order valence-corrected chi connectivity index (χ2v) is 6.43. The van der Waals surface area contributed by atoms with Gasteiger partial charge in [-0.2, -0.15) is 5.10 Å². The molecule has 3 aromatic rings. The van der Waals surface area contributed by atoms with Crippen molar-refractivity contribution in [1.82, 2.24) is 10.2 Å². The van der Waals surface area contributed by atoms with Crippen LogP contribution >= 0.6 is 0 Å². The molecule has 0 radical (unpaired) electrons. The molecule has 1 amide bonds. The van der Waals surface area contributed by atoms with Crippen molar-refractivity contribution in [2.45, 2.75) is 20.8 Å². The highest BCUT2D eigenvalue weighted by atomic mass is 16.5. The highest BCUT2D eigenvalue weighted by Crippen LogP contribution is 2.23. The highest BCUT2D eigenvalue weighted by molar-refractivity contribution is 5.92. The molecule has 1 aromatic heterocycles. The topological polar surface area (TPSA) is 84.1 Å². The normalized spacial score (nSPS) is 10.5. The number of benzene rings is 2. The Morgan fingerprint density at radius 1 is 1.11 bits per heavy atom.